The molecule has 0 fully saturated rings. The van der Waals surface area contributed by atoms with E-state index >= 15 is 0 Å². The molecule has 2 nitrogen and oxygen atoms in total. The van der Waals surface area contributed by atoms with E-state index < -0.39 is 0 Å². The van der Waals surface area contributed by atoms with Crippen LogP contribution in [-0.4, -0.2) is 0 Å². The van der Waals surface area contributed by atoms with Gasteiger partial charge in [0.15, 0.2) is 0 Å². The summed E-state index contributed by atoms with van der Waals surface area (Å²) in [4.78, 5) is 0. The molecule has 0 radical (unpaired) electrons. The Kier molecular flexibility index (Phi) is 15.2. The molecule has 0 aliphatic carbocycles. The Morgan fingerprint density at radius 1 is 0.560 bits per heavy atom. The fourth-order valence-electron chi connectivity index (χ4n) is 4.24. The number of rotatable bonds is 17. The molecule has 0 aromatic heterocycles. The maximum absolute atomic E-state index is 6.28. The number of allylic oxidation sites excluding steroid dienone is 1. The van der Waals surface area contributed by atoms with Gasteiger partial charge >= 0.3 is 0 Å². The molecule has 0 aromatic carbocycles. The van der Waals surface area contributed by atoms with Crippen molar-refractivity contribution in [3.63, 3.8) is 0 Å². The van der Waals surface area contributed by atoms with Crippen LogP contribution in [0.1, 0.15) is 130 Å². The molecule has 0 aliphatic rings. The lowest BCUT2D eigenvalue weighted by molar-refractivity contribution is 0.237. The van der Waals surface area contributed by atoms with Gasteiger partial charge in [0.2, 0.25) is 0 Å². The largest absolute Gasteiger partial charge is 0.386 e. The van der Waals surface area contributed by atoms with Crippen molar-refractivity contribution in [2.24, 2.45) is 16.9 Å². The lowest BCUT2D eigenvalue weighted by Gasteiger charge is -2.38. The van der Waals surface area contributed by atoms with E-state index in [0.717, 1.165) is 6.42 Å². The first-order chi connectivity index (χ1) is 12.1. The average Bonchev–Trinajstić information content (AvgIpc) is 2.59. The summed E-state index contributed by atoms with van der Waals surface area (Å²) in [7, 11) is 0. The summed E-state index contributed by atoms with van der Waals surface area (Å²) >= 11 is 0. The molecular formula is C23H48N2. The molecule has 0 atom stereocenters. The highest BCUT2D eigenvalue weighted by atomic mass is 14.8. The molecule has 0 unspecified atom stereocenters. The van der Waals surface area contributed by atoms with Gasteiger partial charge in [0.25, 0.3) is 0 Å². The lowest BCUT2D eigenvalue weighted by atomic mass is 9.67. The van der Waals surface area contributed by atoms with Crippen LogP contribution in [0.2, 0.25) is 0 Å². The standard InChI is InChI=1S/C23H48N2/c1-5-9-13-17-21(22(24)25)23(18-14-10-6-2,19-15-11-7-3)20-16-12-8-4/h5-20,24-25H2,1-4H3. The summed E-state index contributed by atoms with van der Waals surface area (Å²) < 4.78 is 0. The van der Waals surface area contributed by atoms with Gasteiger partial charge in [-0.25, -0.2) is 0 Å². The topological polar surface area (TPSA) is 52.0 Å². The third kappa shape index (κ3) is 10.2. The number of hydrogen-bond donors (Lipinski definition) is 2. The molecule has 150 valence electrons. The Hall–Kier alpha value is -0.660. The highest BCUT2D eigenvalue weighted by Gasteiger charge is 2.33. The van der Waals surface area contributed by atoms with Crippen molar-refractivity contribution in [3.05, 3.63) is 11.4 Å². The Morgan fingerprint density at radius 3 is 1.24 bits per heavy atom. The Morgan fingerprint density at radius 2 is 0.920 bits per heavy atom. The van der Waals surface area contributed by atoms with Crippen LogP contribution in [-0.2, 0) is 0 Å². The predicted octanol–water partition coefficient (Wildman–Crippen LogP) is 7.42. The molecule has 4 N–H and O–H groups in total. The van der Waals surface area contributed by atoms with Crippen LogP contribution in [0.5, 0.6) is 0 Å². The highest BCUT2D eigenvalue weighted by Crippen LogP contribution is 2.46. The molecule has 2 heteroatoms. The second-order valence-corrected chi connectivity index (χ2v) is 8.04. The van der Waals surface area contributed by atoms with E-state index in [-0.39, 0.29) is 5.41 Å². The van der Waals surface area contributed by atoms with Gasteiger partial charge in [-0.05, 0) is 43.1 Å². The minimum atomic E-state index is 0.270. The van der Waals surface area contributed by atoms with Crippen molar-refractivity contribution in [1.82, 2.24) is 0 Å². The van der Waals surface area contributed by atoms with Gasteiger partial charge in [-0.1, -0.05) is 98.3 Å². The van der Waals surface area contributed by atoms with E-state index in [1.807, 2.05) is 0 Å². The van der Waals surface area contributed by atoms with E-state index in [4.69, 9.17) is 11.5 Å². The first kappa shape index (κ1) is 24.3. The van der Waals surface area contributed by atoms with Gasteiger partial charge in [0, 0.05) is 0 Å². The molecule has 0 rings (SSSR count). The smallest absolute Gasteiger partial charge is 0.0931 e. The van der Waals surface area contributed by atoms with Gasteiger partial charge in [0.05, 0.1) is 5.82 Å². The van der Waals surface area contributed by atoms with Crippen molar-refractivity contribution in [2.45, 2.75) is 130 Å². The van der Waals surface area contributed by atoms with Crippen molar-refractivity contribution >= 4 is 0 Å². The molecular weight excluding hydrogens is 304 g/mol. The Bertz CT molecular complexity index is 302. The molecule has 0 saturated carbocycles. The molecule has 25 heavy (non-hydrogen) atoms. The third-order valence-electron chi connectivity index (χ3n) is 5.80. The molecule has 0 bridgehead atoms. The summed E-state index contributed by atoms with van der Waals surface area (Å²) in [5, 5.41) is 0. The summed E-state index contributed by atoms with van der Waals surface area (Å²) in [6.45, 7) is 9.16. The highest BCUT2D eigenvalue weighted by molar-refractivity contribution is 5.19. The van der Waals surface area contributed by atoms with Gasteiger partial charge < -0.3 is 11.5 Å². The summed E-state index contributed by atoms with van der Waals surface area (Å²) in [6, 6.07) is 0. The summed E-state index contributed by atoms with van der Waals surface area (Å²) in [5.74, 6) is 0.639. The zero-order chi connectivity index (χ0) is 19.0. The van der Waals surface area contributed by atoms with Crippen molar-refractivity contribution < 1.29 is 0 Å². The van der Waals surface area contributed by atoms with Gasteiger partial charge in [-0.2, -0.15) is 0 Å². The molecule has 0 heterocycles. The Balaban J connectivity index is 5.40. The fourth-order valence-corrected chi connectivity index (χ4v) is 4.24. The van der Waals surface area contributed by atoms with Crippen molar-refractivity contribution in [2.75, 3.05) is 0 Å². The van der Waals surface area contributed by atoms with Crippen LogP contribution in [0.4, 0.5) is 0 Å². The van der Waals surface area contributed by atoms with Crippen LogP contribution >= 0.6 is 0 Å². The van der Waals surface area contributed by atoms with Crippen molar-refractivity contribution in [3.8, 4) is 0 Å². The van der Waals surface area contributed by atoms with Gasteiger partial charge in [-0.3, -0.25) is 0 Å². The fraction of sp³-hybridized carbons (Fsp3) is 0.913. The predicted molar refractivity (Wildman–Crippen MR) is 114 cm³/mol. The number of nitrogens with two attached hydrogens (primary N) is 2. The monoisotopic (exact) mass is 352 g/mol. The van der Waals surface area contributed by atoms with Crippen LogP contribution < -0.4 is 11.5 Å². The van der Waals surface area contributed by atoms with Crippen LogP contribution in [0.25, 0.3) is 0 Å². The summed E-state index contributed by atoms with van der Waals surface area (Å²) in [6.07, 6.45) is 20.5. The molecule has 0 aromatic rings. The lowest BCUT2D eigenvalue weighted by Crippen LogP contribution is -2.29. The minimum absolute atomic E-state index is 0.270. The van der Waals surface area contributed by atoms with E-state index in [1.165, 1.54) is 102 Å². The molecule has 0 saturated heterocycles. The Labute approximate surface area is 159 Å². The first-order valence-electron chi connectivity index (χ1n) is 11.3. The van der Waals surface area contributed by atoms with Crippen molar-refractivity contribution in [1.29, 1.82) is 0 Å². The molecule has 0 amide bonds. The molecule has 0 spiro atoms. The first-order valence-corrected chi connectivity index (χ1v) is 11.3. The van der Waals surface area contributed by atoms with E-state index in [0.29, 0.717) is 5.82 Å². The van der Waals surface area contributed by atoms with E-state index in [2.05, 4.69) is 27.7 Å². The summed E-state index contributed by atoms with van der Waals surface area (Å²) in [5.41, 5.74) is 14.2. The average molecular weight is 353 g/mol. The third-order valence-corrected chi connectivity index (χ3v) is 5.80. The minimum Gasteiger partial charge on any atom is -0.386 e. The van der Waals surface area contributed by atoms with Gasteiger partial charge in [-0.15, -0.1) is 0 Å². The van der Waals surface area contributed by atoms with Crippen LogP contribution in [0.15, 0.2) is 11.4 Å². The van der Waals surface area contributed by atoms with Crippen LogP contribution in [0, 0.1) is 5.41 Å². The maximum Gasteiger partial charge on any atom is 0.0931 e. The SMILES string of the molecule is CCCCCC(=C(N)N)C(CCCCC)(CCCCC)CCCCC. The van der Waals surface area contributed by atoms with Crippen LogP contribution in [0.3, 0.4) is 0 Å². The number of hydrogen-bond acceptors (Lipinski definition) is 2. The normalized spacial score (nSPS) is 11.7. The zero-order valence-corrected chi connectivity index (χ0v) is 18.0. The zero-order valence-electron chi connectivity index (χ0n) is 18.0. The maximum atomic E-state index is 6.28. The molecule has 0 aliphatic heterocycles. The quantitative estimate of drug-likeness (QED) is 0.267. The number of unbranched alkanes of at least 4 members (excludes halogenated alkanes) is 8. The van der Waals surface area contributed by atoms with E-state index in [1.54, 1.807) is 0 Å². The second kappa shape index (κ2) is 15.6. The van der Waals surface area contributed by atoms with Gasteiger partial charge in [0.1, 0.15) is 0 Å². The second-order valence-electron chi connectivity index (χ2n) is 8.04. The van der Waals surface area contributed by atoms with E-state index in [9.17, 15) is 0 Å².